The normalized spacial score (nSPS) is 11.6. The zero-order valence-corrected chi connectivity index (χ0v) is 14.6. The van der Waals surface area contributed by atoms with Crippen molar-refractivity contribution in [3.05, 3.63) is 64.1 Å². The van der Waals surface area contributed by atoms with E-state index in [4.69, 9.17) is 5.11 Å². The van der Waals surface area contributed by atoms with Crippen LogP contribution in [0.25, 0.3) is 6.08 Å². The minimum Gasteiger partial charge on any atom is -0.478 e. The molecule has 0 saturated carbocycles. The summed E-state index contributed by atoms with van der Waals surface area (Å²) in [5, 5.41) is 8.72. The quantitative estimate of drug-likeness (QED) is 0.756. The maximum Gasteiger partial charge on any atom is 0.328 e. The van der Waals surface area contributed by atoms with Crippen molar-refractivity contribution in [3.8, 4) is 0 Å². The van der Waals surface area contributed by atoms with Crippen LogP contribution < -0.4 is 4.72 Å². The summed E-state index contributed by atoms with van der Waals surface area (Å²) in [4.78, 5) is 10.8. The molecule has 0 saturated heterocycles. The molecule has 5 nitrogen and oxygen atoms in total. The van der Waals surface area contributed by atoms with E-state index in [1.54, 1.807) is 30.3 Å². The number of sulfonamides is 1. The summed E-state index contributed by atoms with van der Waals surface area (Å²) in [6.07, 6.45) is 2.29. The minimum atomic E-state index is -3.76. The molecular formula is C16H14BrNO4S. The first-order valence-corrected chi connectivity index (χ1v) is 8.85. The van der Waals surface area contributed by atoms with E-state index in [1.165, 1.54) is 18.2 Å². The van der Waals surface area contributed by atoms with Gasteiger partial charge < -0.3 is 5.11 Å². The molecular weight excluding hydrogens is 382 g/mol. The van der Waals surface area contributed by atoms with Gasteiger partial charge in [0.05, 0.1) is 10.6 Å². The number of aryl methyl sites for hydroxylation is 1. The summed E-state index contributed by atoms with van der Waals surface area (Å²) in [7, 11) is -3.76. The monoisotopic (exact) mass is 395 g/mol. The Balaban J connectivity index is 2.40. The lowest BCUT2D eigenvalue weighted by Crippen LogP contribution is -2.13. The Labute approximate surface area is 142 Å². The third kappa shape index (κ3) is 4.67. The Bertz CT molecular complexity index is 858. The highest BCUT2D eigenvalue weighted by Crippen LogP contribution is 2.25. The largest absolute Gasteiger partial charge is 0.478 e. The second kappa shape index (κ2) is 6.97. The Morgan fingerprint density at radius 3 is 2.43 bits per heavy atom. The first kappa shape index (κ1) is 17.2. The van der Waals surface area contributed by atoms with E-state index in [0.717, 1.165) is 11.6 Å². The molecule has 0 unspecified atom stereocenters. The Morgan fingerprint density at radius 2 is 1.83 bits per heavy atom. The van der Waals surface area contributed by atoms with Crippen LogP contribution in [0, 0.1) is 6.92 Å². The van der Waals surface area contributed by atoms with Crippen LogP contribution in [0.3, 0.4) is 0 Å². The Morgan fingerprint density at radius 1 is 1.17 bits per heavy atom. The van der Waals surface area contributed by atoms with Gasteiger partial charge in [-0.05, 0) is 42.8 Å². The maximum atomic E-state index is 12.4. The zero-order chi connectivity index (χ0) is 17.0. The van der Waals surface area contributed by atoms with Crippen molar-refractivity contribution in [2.24, 2.45) is 0 Å². The number of carbonyl (C=O) groups is 1. The molecule has 0 amide bonds. The van der Waals surface area contributed by atoms with Crippen LogP contribution in [0.2, 0.25) is 0 Å². The number of hydrogen-bond donors (Lipinski definition) is 2. The van der Waals surface area contributed by atoms with Crippen molar-refractivity contribution in [2.75, 3.05) is 4.72 Å². The van der Waals surface area contributed by atoms with Crippen LogP contribution in [0.1, 0.15) is 11.1 Å². The molecule has 0 aliphatic rings. The summed E-state index contributed by atoms with van der Waals surface area (Å²) >= 11 is 3.27. The van der Waals surface area contributed by atoms with Gasteiger partial charge in [-0.1, -0.05) is 39.7 Å². The Hall–Kier alpha value is -2.12. The number of nitrogens with one attached hydrogen (secondary N) is 1. The van der Waals surface area contributed by atoms with E-state index in [-0.39, 0.29) is 10.6 Å². The van der Waals surface area contributed by atoms with Crippen molar-refractivity contribution in [1.29, 1.82) is 0 Å². The zero-order valence-electron chi connectivity index (χ0n) is 12.2. The molecule has 120 valence electrons. The van der Waals surface area contributed by atoms with Crippen LogP contribution in [0.5, 0.6) is 0 Å². The molecule has 2 N–H and O–H groups in total. The molecule has 0 aliphatic heterocycles. The predicted octanol–water partition coefficient (Wildman–Crippen LogP) is 3.66. The number of anilines is 1. The third-order valence-electron chi connectivity index (χ3n) is 3.00. The van der Waals surface area contributed by atoms with Crippen LogP contribution in [-0.2, 0) is 14.8 Å². The summed E-state index contributed by atoms with van der Waals surface area (Å²) < 4.78 is 28.1. The van der Waals surface area contributed by atoms with E-state index in [2.05, 4.69) is 20.7 Å². The van der Waals surface area contributed by atoms with Crippen LogP contribution in [0.4, 0.5) is 5.69 Å². The van der Waals surface area contributed by atoms with E-state index >= 15 is 0 Å². The average Bonchev–Trinajstić information content (AvgIpc) is 2.46. The smallest absolute Gasteiger partial charge is 0.328 e. The number of carboxylic acid groups (broad SMARTS) is 1. The first-order valence-electron chi connectivity index (χ1n) is 6.58. The summed E-state index contributed by atoms with van der Waals surface area (Å²) in [5.41, 5.74) is 1.69. The van der Waals surface area contributed by atoms with Crippen LogP contribution in [-0.4, -0.2) is 19.5 Å². The van der Waals surface area contributed by atoms with Gasteiger partial charge >= 0.3 is 5.97 Å². The van der Waals surface area contributed by atoms with Gasteiger partial charge in [-0.2, -0.15) is 0 Å². The van der Waals surface area contributed by atoms with E-state index in [1.807, 2.05) is 6.92 Å². The van der Waals surface area contributed by atoms with Gasteiger partial charge in [0.15, 0.2) is 0 Å². The number of aliphatic carboxylic acids is 1. The first-order chi connectivity index (χ1) is 10.8. The van der Waals surface area contributed by atoms with E-state index < -0.39 is 16.0 Å². The lowest BCUT2D eigenvalue weighted by Gasteiger charge is -2.11. The van der Waals surface area contributed by atoms with Crippen molar-refractivity contribution in [2.45, 2.75) is 11.8 Å². The fourth-order valence-electron chi connectivity index (χ4n) is 1.84. The minimum absolute atomic E-state index is 0.135. The second-order valence-electron chi connectivity index (χ2n) is 4.82. The highest BCUT2D eigenvalue weighted by Gasteiger charge is 2.15. The molecule has 2 rings (SSSR count). The van der Waals surface area contributed by atoms with Gasteiger partial charge in [0.2, 0.25) is 0 Å². The predicted molar refractivity (Wildman–Crippen MR) is 92.8 cm³/mol. The van der Waals surface area contributed by atoms with Gasteiger partial charge in [0, 0.05) is 10.5 Å². The van der Waals surface area contributed by atoms with E-state index in [9.17, 15) is 13.2 Å². The highest BCUT2D eigenvalue weighted by atomic mass is 79.9. The van der Waals surface area contributed by atoms with Crippen molar-refractivity contribution in [1.82, 2.24) is 0 Å². The number of hydrogen-bond acceptors (Lipinski definition) is 3. The molecule has 0 atom stereocenters. The van der Waals surface area contributed by atoms with Gasteiger partial charge in [-0.15, -0.1) is 0 Å². The molecule has 2 aromatic rings. The fraction of sp³-hybridized carbons (Fsp3) is 0.0625. The average molecular weight is 396 g/mol. The second-order valence-corrected chi connectivity index (χ2v) is 7.42. The van der Waals surface area contributed by atoms with Gasteiger partial charge in [-0.25, -0.2) is 13.2 Å². The lowest BCUT2D eigenvalue weighted by atomic mass is 10.2. The van der Waals surface area contributed by atoms with Crippen LogP contribution >= 0.6 is 15.9 Å². The van der Waals surface area contributed by atoms with Gasteiger partial charge in [0.1, 0.15) is 0 Å². The molecule has 23 heavy (non-hydrogen) atoms. The third-order valence-corrected chi connectivity index (χ3v) is 4.87. The summed E-state index contributed by atoms with van der Waals surface area (Å²) in [5.74, 6) is -1.11. The number of benzene rings is 2. The summed E-state index contributed by atoms with van der Waals surface area (Å²) in [6.45, 7) is 1.87. The molecule has 0 aromatic heterocycles. The molecule has 0 radical (unpaired) electrons. The SMILES string of the molecule is Cc1ccc(S(=O)(=O)Nc2cc(Br)ccc2C=CC(=O)O)cc1. The summed E-state index contributed by atoms with van der Waals surface area (Å²) in [6, 6.07) is 11.3. The molecule has 0 bridgehead atoms. The highest BCUT2D eigenvalue weighted by molar-refractivity contribution is 9.10. The van der Waals surface area contributed by atoms with Crippen molar-refractivity contribution in [3.63, 3.8) is 0 Å². The standard InChI is InChI=1S/C16H14BrNO4S/c1-11-2-7-14(8-3-11)23(21,22)18-15-10-13(17)6-4-12(15)5-9-16(19)20/h2-10,18H,1H3,(H,19,20). The fourth-order valence-corrected chi connectivity index (χ4v) is 3.28. The molecule has 0 heterocycles. The van der Waals surface area contributed by atoms with Crippen molar-refractivity contribution < 1.29 is 18.3 Å². The maximum absolute atomic E-state index is 12.4. The molecule has 0 aliphatic carbocycles. The van der Waals surface area contributed by atoms with Crippen LogP contribution in [0.15, 0.2) is 57.9 Å². The van der Waals surface area contributed by atoms with Gasteiger partial charge in [0.25, 0.3) is 10.0 Å². The lowest BCUT2D eigenvalue weighted by molar-refractivity contribution is -0.131. The number of rotatable bonds is 5. The Kier molecular flexibility index (Phi) is 5.23. The number of carboxylic acids is 1. The topological polar surface area (TPSA) is 83.5 Å². The molecule has 7 heteroatoms. The molecule has 0 fully saturated rings. The van der Waals surface area contributed by atoms with Crippen molar-refractivity contribution >= 4 is 43.7 Å². The number of halogens is 1. The molecule has 2 aromatic carbocycles. The molecule has 0 spiro atoms. The van der Waals surface area contributed by atoms with E-state index in [0.29, 0.717) is 10.0 Å². The van der Waals surface area contributed by atoms with Gasteiger partial charge in [-0.3, -0.25) is 4.72 Å².